The molecule has 1 aromatic carbocycles. The van der Waals surface area contributed by atoms with Gasteiger partial charge in [0.15, 0.2) is 0 Å². The van der Waals surface area contributed by atoms with Gasteiger partial charge in [0.25, 0.3) is 0 Å². The predicted molar refractivity (Wildman–Crippen MR) is 72.9 cm³/mol. The Morgan fingerprint density at radius 1 is 1.33 bits per heavy atom. The number of hydrazine groups is 1. The molecule has 0 bridgehead atoms. The lowest BCUT2D eigenvalue weighted by Crippen LogP contribution is -2.31. The molecule has 2 aromatic rings. The van der Waals surface area contributed by atoms with Crippen LogP contribution in [-0.4, -0.2) is 9.55 Å². The van der Waals surface area contributed by atoms with E-state index in [0.717, 1.165) is 18.8 Å². The first kappa shape index (κ1) is 12.8. The van der Waals surface area contributed by atoms with Gasteiger partial charge in [0, 0.05) is 18.9 Å². The molecule has 96 valence electrons. The summed E-state index contributed by atoms with van der Waals surface area (Å²) in [5, 5.41) is 0. The Labute approximate surface area is 108 Å². The lowest BCUT2D eigenvalue weighted by molar-refractivity contribution is 0.557. The van der Waals surface area contributed by atoms with Gasteiger partial charge in [-0.15, -0.1) is 0 Å². The molecule has 0 saturated carbocycles. The van der Waals surface area contributed by atoms with Crippen LogP contribution >= 0.6 is 0 Å². The van der Waals surface area contributed by atoms with Crippen LogP contribution in [0.15, 0.2) is 36.7 Å². The number of nitrogens with one attached hydrogen (secondary N) is 1. The fraction of sp³-hybridized carbons (Fsp3) is 0.357. The average molecular weight is 244 g/mol. The largest absolute Gasteiger partial charge is 0.334 e. The number of hydrogen-bond donors (Lipinski definition) is 2. The second-order valence-corrected chi connectivity index (χ2v) is 4.22. The van der Waals surface area contributed by atoms with Crippen LogP contribution in [0.1, 0.15) is 36.8 Å². The van der Waals surface area contributed by atoms with E-state index in [4.69, 9.17) is 5.84 Å². The molecule has 0 aliphatic rings. The molecule has 4 heteroatoms. The van der Waals surface area contributed by atoms with E-state index in [9.17, 15) is 0 Å². The van der Waals surface area contributed by atoms with Crippen molar-refractivity contribution in [3.8, 4) is 0 Å². The highest BCUT2D eigenvalue weighted by Gasteiger charge is 2.19. The first-order chi connectivity index (χ1) is 8.81. The fourth-order valence-corrected chi connectivity index (χ4v) is 2.29. The summed E-state index contributed by atoms with van der Waals surface area (Å²) in [7, 11) is 0. The predicted octanol–water partition coefficient (Wildman–Crippen LogP) is 2.02. The van der Waals surface area contributed by atoms with E-state index >= 15 is 0 Å². The molecule has 1 atom stereocenters. The molecule has 0 fully saturated rings. The van der Waals surface area contributed by atoms with Crippen molar-refractivity contribution in [2.75, 3.05) is 0 Å². The molecule has 4 nitrogen and oxygen atoms in total. The summed E-state index contributed by atoms with van der Waals surface area (Å²) in [6.45, 7) is 5.14. The van der Waals surface area contributed by atoms with Crippen molar-refractivity contribution in [2.24, 2.45) is 5.84 Å². The quantitative estimate of drug-likeness (QED) is 0.625. The van der Waals surface area contributed by atoms with Gasteiger partial charge in [-0.25, -0.2) is 10.4 Å². The van der Waals surface area contributed by atoms with Crippen molar-refractivity contribution >= 4 is 0 Å². The number of nitrogens with zero attached hydrogens (tertiary/aromatic N) is 2. The second kappa shape index (κ2) is 5.80. The maximum atomic E-state index is 5.74. The van der Waals surface area contributed by atoms with E-state index in [1.54, 1.807) is 0 Å². The third-order valence-electron chi connectivity index (χ3n) is 3.26. The number of nitrogens with two attached hydrogens (primary N) is 1. The molecule has 2 rings (SSSR count). The van der Waals surface area contributed by atoms with Crippen molar-refractivity contribution in [3.05, 3.63) is 53.6 Å². The summed E-state index contributed by atoms with van der Waals surface area (Å²) in [4.78, 5) is 4.43. The molecule has 1 heterocycles. The van der Waals surface area contributed by atoms with E-state index in [-0.39, 0.29) is 6.04 Å². The number of benzene rings is 1. The minimum Gasteiger partial charge on any atom is -0.334 e. The van der Waals surface area contributed by atoms with Crippen molar-refractivity contribution in [1.29, 1.82) is 0 Å². The minimum absolute atomic E-state index is 0.0592. The van der Waals surface area contributed by atoms with E-state index < -0.39 is 0 Å². The number of aryl methyl sites for hydroxylation is 2. The molecular weight excluding hydrogens is 224 g/mol. The Bertz CT molecular complexity index is 504. The van der Waals surface area contributed by atoms with Crippen LogP contribution in [0.3, 0.4) is 0 Å². The molecule has 1 aromatic heterocycles. The van der Waals surface area contributed by atoms with Gasteiger partial charge in [0.05, 0.1) is 0 Å². The molecule has 0 radical (unpaired) electrons. The summed E-state index contributed by atoms with van der Waals surface area (Å²) >= 11 is 0. The van der Waals surface area contributed by atoms with Gasteiger partial charge >= 0.3 is 0 Å². The lowest BCUT2D eigenvalue weighted by Gasteiger charge is -2.19. The molecule has 0 saturated heterocycles. The van der Waals surface area contributed by atoms with Crippen LogP contribution in [0.4, 0.5) is 0 Å². The zero-order chi connectivity index (χ0) is 13.0. The zero-order valence-electron chi connectivity index (χ0n) is 10.9. The minimum atomic E-state index is -0.0592. The van der Waals surface area contributed by atoms with E-state index in [1.807, 2.05) is 18.5 Å². The van der Waals surface area contributed by atoms with Crippen LogP contribution in [0.2, 0.25) is 0 Å². The summed E-state index contributed by atoms with van der Waals surface area (Å²) < 4.78 is 2.11. The van der Waals surface area contributed by atoms with Crippen molar-refractivity contribution in [2.45, 2.75) is 32.9 Å². The normalized spacial score (nSPS) is 12.6. The van der Waals surface area contributed by atoms with Gasteiger partial charge < -0.3 is 4.57 Å². The molecule has 18 heavy (non-hydrogen) atoms. The highest BCUT2D eigenvalue weighted by molar-refractivity contribution is 5.33. The van der Waals surface area contributed by atoms with Crippen LogP contribution in [-0.2, 0) is 13.0 Å². The Balaban J connectivity index is 2.45. The molecular formula is C14H20N4. The van der Waals surface area contributed by atoms with E-state index in [1.165, 1.54) is 11.1 Å². The molecule has 0 aliphatic carbocycles. The van der Waals surface area contributed by atoms with Crippen LogP contribution in [0, 0.1) is 0 Å². The highest BCUT2D eigenvalue weighted by atomic mass is 15.3. The monoisotopic (exact) mass is 244 g/mol. The number of aromatic nitrogens is 2. The second-order valence-electron chi connectivity index (χ2n) is 4.22. The Hall–Kier alpha value is -1.65. The maximum Gasteiger partial charge on any atom is 0.131 e. The topological polar surface area (TPSA) is 55.9 Å². The summed E-state index contributed by atoms with van der Waals surface area (Å²) in [5.41, 5.74) is 5.38. The smallest absolute Gasteiger partial charge is 0.131 e. The SMILES string of the molecule is CCc1ccccc1C(NN)c1nccn1CC. The van der Waals surface area contributed by atoms with Crippen molar-refractivity contribution in [3.63, 3.8) is 0 Å². The lowest BCUT2D eigenvalue weighted by atomic mass is 9.98. The molecule has 3 N–H and O–H groups in total. The molecule has 0 amide bonds. The first-order valence-electron chi connectivity index (χ1n) is 6.36. The zero-order valence-corrected chi connectivity index (χ0v) is 10.9. The third-order valence-corrected chi connectivity index (χ3v) is 3.26. The van der Waals surface area contributed by atoms with E-state index in [0.29, 0.717) is 0 Å². The fourth-order valence-electron chi connectivity index (χ4n) is 2.29. The molecule has 0 aliphatic heterocycles. The third kappa shape index (κ3) is 2.30. The summed E-state index contributed by atoms with van der Waals surface area (Å²) in [6, 6.07) is 8.29. The average Bonchev–Trinajstić information content (AvgIpc) is 2.88. The van der Waals surface area contributed by atoms with Crippen LogP contribution < -0.4 is 11.3 Å². The van der Waals surface area contributed by atoms with E-state index in [2.05, 4.69) is 47.0 Å². The Kier molecular flexibility index (Phi) is 4.12. The molecule has 0 spiro atoms. The van der Waals surface area contributed by atoms with Gasteiger partial charge in [0.2, 0.25) is 0 Å². The first-order valence-corrected chi connectivity index (χ1v) is 6.36. The standard InChI is InChI=1S/C14H20N4/c1-3-11-7-5-6-8-12(11)13(17-15)14-16-9-10-18(14)4-2/h5-10,13,17H,3-4,15H2,1-2H3. The van der Waals surface area contributed by atoms with Crippen molar-refractivity contribution in [1.82, 2.24) is 15.0 Å². The number of imidazole rings is 1. The van der Waals surface area contributed by atoms with Gasteiger partial charge in [0.1, 0.15) is 11.9 Å². The number of hydrogen-bond acceptors (Lipinski definition) is 3. The van der Waals surface area contributed by atoms with Gasteiger partial charge in [-0.2, -0.15) is 0 Å². The van der Waals surface area contributed by atoms with Crippen LogP contribution in [0.25, 0.3) is 0 Å². The maximum absolute atomic E-state index is 5.74. The van der Waals surface area contributed by atoms with Crippen molar-refractivity contribution < 1.29 is 0 Å². The van der Waals surface area contributed by atoms with Gasteiger partial charge in [-0.1, -0.05) is 31.2 Å². The molecule has 1 unspecified atom stereocenters. The Morgan fingerprint density at radius 2 is 2.11 bits per heavy atom. The highest BCUT2D eigenvalue weighted by Crippen LogP contribution is 2.23. The van der Waals surface area contributed by atoms with Gasteiger partial charge in [-0.05, 0) is 24.5 Å². The summed E-state index contributed by atoms with van der Waals surface area (Å²) in [5.74, 6) is 6.70. The van der Waals surface area contributed by atoms with Crippen LogP contribution in [0.5, 0.6) is 0 Å². The number of rotatable bonds is 5. The summed E-state index contributed by atoms with van der Waals surface area (Å²) in [6.07, 6.45) is 4.78. The van der Waals surface area contributed by atoms with Gasteiger partial charge in [-0.3, -0.25) is 5.84 Å². The Morgan fingerprint density at radius 3 is 2.78 bits per heavy atom.